The average Bonchev–Trinajstić information content (AvgIpc) is 1.59. The first-order valence-corrected chi connectivity index (χ1v) is 42.1. The van der Waals surface area contributed by atoms with E-state index in [0.717, 1.165) is 33.9 Å². The van der Waals surface area contributed by atoms with Gasteiger partial charge in [-0.05, 0) is 101 Å². The summed E-state index contributed by atoms with van der Waals surface area (Å²) in [6.45, 7) is 12.3. The van der Waals surface area contributed by atoms with Crippen molar-refractivity contribution in [2.75, 3.05) is 213 Å². The van der Waals surface area contributed by atoms with Crippen molar-refractivity contribution in [1.82, 2.24) is 60.5 Å². The molecule has 0 bridgehead atoms. The molecule has 4 aliphatic rings. The van der Waals surface area contributed by atoms with E-state index in [0.29, 0.717) is 82.4 Å². The van der Waals surface area contributed by atoms with Gasteiger partial charge < -0.3 is 61.4 Å². The largest absolute Gasteiger partial charge is 0.748 e. The van der Waals surface area contributed by atoms with Crippen molar-refractivity contribution >= 4 is 96.8 Å². The van der Waals surface area contributed by atoms with Crippen molar-refractivity contribution < 1.29 is 189 Å². The van der Waals surface area contributed by atoms with E-state index in [1.54, 1.807) is 41.5 Å². The van der Waals surface area contributed by atoms with Crippen LogP contribution in [0.25, 0.3) is 0 Å². The monoisotopic (exact) mass is 1970 g/mol. The number of aliphatic carboxylic acids is 6. The third-order valence-corrected chi connectivity index (χ3v) is 22.1. The second-order valence-electron chi connectivity index (χ2n) is 30.2. The molecule has 654 valence electrons. The van der Waals surface area contributed by atoms with Crippen LogP contribution >= 0.6 is 0 Å². The molecule has 0 unspecified atom stereocenters. The zero-order chi connectivity index (χ0) is 84.5. The Morgan fingerprint density at radius 1 is 0.427 bits per heavy atom. The van der Waals surface area contributed by atoms with Gasteiger partial charge in [-0.15, -0.1) is 0 Å². The third kappa shape index (κ3) is 37.7. The summed E-state index contributed by atoms with van der Waals surface area (Å²) < 4.78 is 69.8. The molecule has 2 saturated heterocycles. The van der Waals surface area contributed by atoms with Gasteiger partial charge in [-0.3, -0.25) is 91.7 Å². The zero-order valence-corrected chi connectivity index (χ0v) is 73.2. The smallest absolute Gasteiger partial charge is 0.317 e. The minimum Gasteiger partial charge on any atom is -0.748 e. The van der Waals surface area contributed by atoms with Crippen molar-refractivity contribution in [3.63, 3.8) is 0 Å². The number of carbonyl (C=O) groups excluding carboxylic acids is 4. The van der Waals surface area contributed by atoms with Gasteiger partial charge in [0.15, 0.2) is 5.71 Å². The van der Waals surface area contributed by atoms with E-state index in [-0.39, 0.29) is 280 Å². The van der Waals surface area contributed by atoms with Gasteiger partial charge >= 0.3 is 35.8 Å². The van der Waals surface area contributed by atoms with E-state index in [1.807, 2.05) is 104 Å². The number of anilines is 1. The summed E-state index contributed by atoms with van der Waals surface area (Å²) in [4.78, 5) is 140. The first-order valence-electron chi connectivity index (χ1n) is 38.9. The molecule has 0 aliphatic carbocycles. The minimum absolute atomic E-state index is 0. The average molecular weight is 1970 g/mol. The maximum Gasteiger partial charge on any atom is 0.317 e. The van der Waals surface area contributed by atoms with Gasteiger partial charge in [-0.2, -0.15) is 13.0 Å². The number of hydrogen-bond donors (Lipinski definition) is 11. The second kappa shape index (κ2) is 51.5. The van der Waals surface area contributed by atoms with Crippen LogP contribution < -0.4 is 26.2 Å². The van der Waals surface area contributed by atoms with Crippen LogP contribution in [-0.2, 0) is 69.4 Å². The van der Waals surface area contributed by atoms with E-state index >= 15 is 0 Å². The molecule has 36 nitrogen and oxygen atoms in total. The molecule has 2 aromatic carbocycles. The Balaban J connectivity index is 0.0000144. The number of nitrogens with one attached hydrogen (secondary N) is 4. The van der Waals surface area contributed by atoms with E-state index in [2.05, 4.69) is 30.7 Å². The van der Waals surface area contributed by atoms with Gasteiger partial charge in [-0.1, -0.05) is 44.2 Å². The van der Waals surface area contributed by atoms with Crippen LogP contribution in [0.15, 0.2) is 84.6 Å². The van der Waals surface area contributed by atoms with Gasteiger partial charge in [0, 0.05) is 275 Å². The molecule has 4 heterocycles. The van der Waals surface area contributed by atoms with Crippen LogP contribution in [0.4, 0.5) is 11.4 Å². The Morgan fingerprint density at radius 3 is 1.15 bits per heavy atom. The standard InChI is InChI=1S/C77H116N14O22S2.2Gd/c1-76(2)60-48-58(74(106)80-26-12-10-24-78-66(92)50-82-30-34-84(52-68(94)95)38-42-88(56-72(102)103)43-39-85(35-31-82)53-69(96)97)20-22-62(60)90(28-14-16-46-114(108,109)110)64(76)18-8-6-5-7-9-19-65-77(3,4)61-49-59(21-23-63(61)91(65)29-15-17-47-115(111,112)113)75(107)81-27-13-11-25-79-67(93)51-83-32-36-86(54-70(98)99)40-44-89(57-73(104)105)45-41-87(37-33-83)55-71(100)101;;/h5-9,18-23,48-49H,10-17,24-47,50-57H2,1-4H3,(H11-,78,79,80,81,92,93,94,95,96,97,98,99,100,101,102,103,104,105,106,107,108,109,110,111,112,113);;. The summed E-state index contributed by atoms with van der Waals surface area (Å²) in [6.07, 6.45) is 16.3. The summed E-state index contributed by atoms with van der Waals surface area (Å²) in [7, 11) is -8.67. The van der Waals surface area contributed by atoms with Crippen LogP contribution in [-0.4, -0.2) is 373 Å². The third-order valence-electron chi connectivity index (χ3n) is 20.5. The summed E-state index contributed by atoms with van der Waals surface area (Å²) >= 11 is 0. The number of allylic oxidation sites excluding steroid dienone is 8. The first kappa shape index (κ1) is 103. The quantitative estimate of drug-likeness (QED) is 0.0188. The summed E-state index contributed by atoms with van der Waals surface area (Å²) in [5, 5.41) is 69.0. The fourth-order valence-electron chi connectivity index (χ4n) is 14.4. The molecule has 117 heavy (non-hydrogen) atoms. The molecule has 11 N–H and O–H groups in total. The number of benzene rings is 2. The van der Waals surface area contributed by atoms with Gasteiger partial charge in [0.25, 0.3) is 21.9 Å². The Morgan fingerprint density at radius 2 is 0.769 bits per heavy atom. The number of rotatable bonds is 42. The molecule has 6 rings (SSSR count). The number of unbranched alkanes of at least 4 members (excludes halogenated alkanes) is 4. The molecule has 4 aliphatic heterocycles. The van der Waals surface area contributed by atoms with Crippen LogP contribution in [0.3, 0.4) is 0 Å². The first-order chi connectivity index (χ1) is 54.4. The molecule has 0 aromatic heterocycles. The SMILES string of the molecule is CC1(C)C(/C=C/C=C/C=C/C=C2/N(CCCCS(=O)(=O)[O-])c3ccc(C(=O)NCCCCNC(=O)CN4CCN(CC(=O)O)CCN(CC(=O)O)CCN(CC(=O)O)CC4)cc3C2(C)C)=[N+](CCCCS(=O)(=O)O)c2ccc(C(=O)NCCCCNC(=O)CN3CCN(CC(=O)O)CCN(CC(=O)O)CCN(CC(=O)O)CC3)cc21.[Gd].[Gd]. The maximum atomic E-state index is 13.8. The van der Waals surface area contributed by atoms with Crippen molar-refractivity contribution in [2.24, 2.45) is 0 Å². The number of carbonyl (C=O) groups is 10. The molecule has 0 radical (unpaired) electrons. The van der Waals surface area contributed by atoms with E-state index in [1.165, 1.54) is 0 Å². The Kier molecular flexibility index (Phi) is 45.3. The molecule has 0 saturated carbocycles. The van der Waals surface area contributed by atoms with Crippen LogP contribution in [0.5, 0.6) is 0 Å². The molecular weight excluding hydrogens is 1850 g/mol. The Bertz CT molecular complexity index is 4050. The Hall–Kier alpha value is -6.28. The molecule has 0 atom stereocenters. The normalized spacial score (nSPS) is 18.0. The van der Waals surface area contributed by atoms with E-state index in [9.17, 15) is 105 Å². The van der Waals surface area contributed by atoms with Gasteiger partial charge in [-0.25, -0.2) is 8.42 Å². The molecule has 40 heteroatoms. The number of nitrogens with zero attached hydrogens (tertiary/aromatic N) is 10. The summed E-state index contributed by atoms with van der Waals surface area (Å²) in [5.74, 6) is -8.53. The predicted molar refractivity (Wildman–Crippen MR) is 428 cm³/mol. The fraction of sp³-hybridized carbons (Fsp3) is 0.597. The number of amides is 4. The Labute approximate surface area is 749 Å². The molecule has 2 aromatic rings. The summed E-state index contributed by atoms with van der Waals surface area (Å²) in [5.41, 5.74) is 4.47. The van der Waals surface area contributed by atoms with Crippen LogP contribution in [0, 0.1) is 79.9 Å². The van der Waals surface area contributed by atoms with E-state index < -0.39 is 78.4 Å². The topological polar surface area (TPSA) is 484 Å². The second-order valence-corrected chi connectivity index (χ2v) is 33.3. The number of fused-ring (bicyclic) bond motifs is 2. The molecule has 2 fully saturated rings. The number of carboxylic acids is 6. The van der Waals surface area contributed by atoms with Gasteiger partial charge in [0.05, 0.1) is 73.6 Å². The maximum absolute atomic E-state index is 13.8. The molecule has 4 amide bonds. The fourth-order valence-corrected chi connectivity index (χ4v) is 15.5. The zero-order valence-electron chi connectivity index (χ0n) is 67.0. The predicted octanol–water partition coefficient (Wildman–Crippen LogP) is 0.610. The van der Waals surface area contributed by atoms with Gasteiger partial charge in [0.1, 0.15) is 6.54 Å². The van der Waals surface area contributed by atoms with Crippen molar-refractivity contribution in [3.8, 4) is 0 Å². The van der Waals surface area contributed by atoms with Crippen LogP contribution in [0.2, 0.25) is 0 Å². The molecular formula is C77H116Gd2N14O22S2. The number of carboxylic acid groups (broad SMARTS) is 6. The van der Waals surface area contributed by atoms with Crippen LogP contribution in [0.1, 0.15) is 111 Å². The van der Waals surface area contributed by atoms with Crippen molar-refractivity contribution in [1.29, 1.82) is 0 Å². The van der Waals surface area contributed by atoms with E-state index in [4.69, 9.17) is 0 Å². The molecule has 0 spiro atoms. The van der Waals surface area contributed by atoms with Gasteiger partial charge in [0.2, 0.25) is 17.5 Å². The van der Waals surface area contributed by atoms with Crippen molar-refractivity contribution in [3.05, 3.63) is 107 Å². The minimum atomic E-state index is -4.46. The summed E-state index contributed by atoms with van der Waals surface area (Å²) in [6, 6.07) is 10.8. The van der Waals surface area contributed by atoms with Crippen molar-refractivity contribution in [2.45, 2.75) is 89.9 Å². The number of hydrogen-bond acceptors (Lipinski definition) is 24.